The third-order valence-corrected chi connectivity index (χ3v) is 2.81. The van der Waals surface area contributed by atoms with Gasteiger partial charge in [-0.05, 0) is 19.1 Å². The first-order valence-corrected chi connectivity index (χ1v) is 5.49. The van der Waals surface area contributed by atoms with Crippen LogP contribution in [0.1, 0.15) is 6.92 Å². The Bertz CT molecular complexity index is 436. The van der Waals surface area contributed by atoms with Crippen LogP contribution in [0.4, 0.5) is 17.1 Å². The molecular weight excluding hydrogens is 222 g/mol. The van der Waals surface area contributed by atoms with E-state index in [4.69, 9.17) is 10.5 Å². The van der Waals surface area contributed by atoms with Crippen LogP contribution in [-0.4, -0.2) is 30.7 Å². The second-order valence-electron chi connectivity index (χ2n) is 4.10. The van der Waals surface area contributed by atoms with E-state index in [1.165, 1.54) is 0 Å². The zero-order valence-electron chi connectivity index (χ0n) is 9.63. The highest BCUT2D eigenvalue weighted by Crippen LogP contribution is 2.34. The minimum atomic E-state index is -0.426. The van der Waals surface area contributed by atoms with E-state index >= 15 is 0 Å². The van der Waals surface area contributed by atoms with E-state index in [0.29, 0.717) is 25.4 Å². The number of nitro benzene ring substituents is 1. The first-order chi connectivity index (χ1) is 8.09. The van der Waals surface area contributed by atoms with Crippen LogP contribution in [0.5, 0.6) is 0 Å². The number of hydrogen-bond donors (Lipinski definition) is 1. The third kappa shape index (κ3) is 2.31. The van der Waals surface area contributed by atoms with Gasteiger partial charge in [0.25, 0.3) is 0 Å². The molecule has 0 amide bonds. The van der Waals surface area contributed by atoms with Crippen molar-refractivity contribution in [3.8, 4) is 0 Å². The number of ether oxygens (including phenoxy) is 1. The zero-order valence-corrected chi connectivity index (χ0v) is 9.63. The van der Waals surface area contributed by atoms with Crippen molar-refractivity contribution in [1.29, 1.82) is 0 Å². The van der Waals surface area contributed by atoms with Gasteiger partial charge in [-0.25, -0.2) is 0 Å². The Kier molecular flexibility index (Phi) is 3.14. The number of nitrogens with zero attached hydrogens (tertiary/aromatic N) is 2. The molecule has 2 N–H and O–H groups in total. The quantitative estimate of drug-likeness (QED) is 0.477. The van der Waals surface area contributed by atoms with E-state index in [-0.39, 0.29) is 17.5 Å². The summed E-state index contributed by atoms with van der Waals surface area (Å²) in [6.45, 7) is 3.82. The Morgan fingerprint density at radius 3 is 3.00 bits per heavy atom. The first kappa shape index (κ1) is 11.7. The minimum absolute atomic E-state index is 0.0124. The summed E-state index contributed by atoms with van der Waals surface area (Å²) >= 11 is 0. The SMILES string of the molecule is C[C@H]1CN(c2cccc(N)c2[N+](=O)[O-])CCO1. The minimum Gasteiger partial charge on any atom is -0.393 e. The summed E-state index contributed by atoms with van der Waals surface area (Å²) in [5.41, 5.74) is 6.43. The van der Waals surface area contributed by atoms with Gasteiger partial charge < -0.3 is 15.4 Å². The molecule has 0 aliphatic carbocycles. The standard InChI is InChI=1S/C11H15N3O3/c1-8-7-13(5-6-17-8)10-4-2-3-9(12)11(10)14(15)16/h2-4,8H,5-7,12H2,1H3/t8-/m0/s1. The van der Waals surface area contributed by atoms with Gasteiger partial charge in [0.05, 0.1) is 17.6 Å². The van der Waals surface area contributed by atoms with Crippen LogP contribution in [0.25, 0.3) is 0 Å². The number of hydrogen-bond acceptors (Lipinski definition) is 5. The average molecular weight is 237 g/mol. The van der Waals surface area contributed by atoms with Crippen LogP contribution in [0.15, 0.2) is 18.2 Å². The highest BCUT2D eigenvalue weighted by molar-refractivity contribution is 5.75. The van der Waals surface area contributed by atoms with Gasteiger partial charge in [0, 0.05) is 13.1 Å². The largest absolute Gasteiger partial charge is 0.393 e. The second-order valence-corrected chi connectivity index (χ2v) is 4.10. The molecule has 1 atom stereocenters. The Morgan fingerprint density at radius 2 is 2.35 bits per heavy atom. The molecule has 0 unspecified atom stereocenters. The molecule has 1 aromatic rings. The molecule has 0 aromatic heterocycles. The Hall–Kier alpha value is -1.82. The number of anilines is 2. The lowest BCUT2D eigenvalue weighted by Crippen LogP contribution is -2.41. The number of nitrogen functional groups attached to an aromatic ring is 1. The zero-order chi connectivity index (χ0) is 12.4. The van der Waals surface area contributed by atoms with Crippen LogP contribution in [0.3, 0.4) is 0 Å². The van der Waals surface area contributed by atoms with Gasteiger partial charge in [0.1, 0.15) is 11.4 Å². The number of nitrogens with two attached hydrogens (primary N) is 1. The fourth-order valence-electron chi connectivity index (χ4n) is 2.04. The highest BCUT2D eigenvalue weighted by Gasteiger charge is 2.25. The molecule has 1 aromatic carbocycles. The van der Waals surface area contributed by atoms with Gasteiger partial charge in [-0.15, -0.1) is 0 Å². The molecule has 1 aliphatic rings. The average Bonchev–Trinajstić information content (AvgIpc) is 2.28. The smallest absolute Gasteiger partial charge is 0.315 e. The first-order valence-electron chi connectivity index (χ1n) is 5.49. The topological polar surface area (TPSA) is 81.6 Å². The predicted molar refractivity (Wildman–Crippen MR) is 65.1 cm³/mol. The van der Waals surface area contributed by atoms with E-state index in [1.807, 2.05) is 11.8 Å². The lowest BCUT2D eigenvalue weighted by atomic mass is 10.2. The summed E-state index contributed by atoms with van der Waals surface area (Å²) in [7, 11) is 0. The van der Waals surface area contributed by atoms with Gasteiger partial charge in [0.2, 0.25) is 0 Å². The third-order valence-electron chi connectivity index (χ3n) is 2.81. The molecule has 0 spiro atoms. The number of morpholine rings is 1. The maximum absolute atomic E-state index is 11.0. The van der Waals surface area contributed by atoms with Crippen LogP contribution in [-0.2, 0) is 4.74 Å². The summed E-state index contributed by atoms with van der Waals surface area (Å²) in [6, 6.07) is 5.01. The molecule has 6 nitrogen and oxygen atoms in total. The molecule has 1 aliphatic heterocycles. The number of para-hydroxylation sites is 1. The van der Waals surface area contributed by atoms with Crippen LogP contribution in [0, 0.1) is 10.1 Å². The van der Waals surface area contributed by atoms with E-state index in [2.05, 4.69) is 0 Å². The van der Waals surface area contributed by atoms with E-state index in [9.17, 15) is 10.1 Å². The number of benzene rings is 1. The van der Waals surface area contributed by atoms with E-state index in [0.717, 1.165) is 0 Å². The molecule has 1 heterocycles. The molecule has 1 saturated heterocycles. The Labute approximate surface area is 99.1 Å². The summed E-state index contributed by atoms with van der Waals surface area (Å²) in [6.07, 6.45) is 0.0739. The van der Waals surface area contributed by atoms with Gasteiger partial charge in [0.15, 0.2) is 0 Å². The van der Waals surface area contributed by atoms with Crippen molar-refractivity contribution in [2.45, 2.75) is 13.0 Å². The van der Waals surface area contributed by atoms with E-state index < -0.39 is 4.92 Å². The van der Waals surface area contributed by atoms with Crippen molar-refractivity contribution in [2.24, 2.45) is 0 Å². The predicted octanol–water partition coefficient (Wildman–Crippen LogP) is 1.40. The fourth-order valence-corrected chi connectivity index (χ4v) is 2.04. The van der Waals surface area contributed by atoms with Crippen molar-refractivity contribution in [1.82, 2.24) is 0 Å². The van der Waals surface area contributed by atoms with Crippen LogP contribution in [0.2, 0.25) is 0 Å². The van der Waals surface area contributed by atoms with Crippen LogP contribution < -0.4 is 10.6 Å². The van der Waals surface area contributed by atoms with Gasteiger partial charge in [-0.3, -0.25) is 10.1 Å². The molecule has 0 bridgehead atoms. The van der Waals surface area contributed by atoms with Crippen molar-refractivity contribution in [3.63, 3.8) is 0 Å². The summed E-state index contributed by atoms with van der Waals surface area (Å²) in [5.74, 6) is 0. The summed E-state index contributed by atoms with van der Waals surface area (Å²) < 4.78 is 5.42. The molecule has 17 heavy (non-hydrogen) atoms. The van der Waals surface area contributed by atoms with Crippen LogP contribution >= 0.6 is 0 Å². The normalized spacial score (nSPS) is 20.3. The van der Waals surface area contributed by atoms with E-state index in [1.54, 1.807) is 18.2 Å². The van der Waals surface area contributed by atoms with Crippen molar-refractivity contribution >= 4 is 17.1 Å². The molecule has 6 heteroatoms. The fraction of sp³-hybridized carbons (Fsp3) is 0.455. The molecule has 0 saturated carbocycles. The molecule has 0 radical (unpaired) electrons. The lowest BCUT2D eigenvalue weighted by molar-refractivity contribution is -0.383. The van der Waals surface area contributed by atoms with Gasteiger partial charge in [-0.1, -0.05) is 6.07 Å². The highest BCUT2D eigenvalue weighted by atomic mass is 16.6. The maximum atomic E-state index is 11.0. The second kappa shape index (κ2) is 4.58. The van der Waals surface area contributed by atoms with Gasteiger partial charge in [-0.2, -0.15) is 0 Å². The maximum Gasteiger partial charge on any atom is 0.315 e. The van der Waals surface area contributed by atoms with Crippen molar-refractivity contribution in [2.75, 3.05) is 30.3 Å². The summed E-state index contributed by atoms with van der Waals surface area (Å²) in [5, 5.41) is 11.0. The Morgan fingerprint density at radius 1 is 1.59 bits per heavy atom. The number of rotatable bonds is 2. The molecular formula is C11H15N3O3. The molecule has 92 valence electrons. The van der Waals surface area contributed by atoms with Crippen molar-refractivity contribution in [3.05, 3.63) is 28.3 Å². The molecule has 1 fully saturated rings. The lowest BCUT2D eigenvalue weighted by Gasteiger charge is -2.32. The number of nitro groups is 1. The Balaban J connectivity index is 2.37. The van der Waals surface area contributed by atoms with Crippen molar-refractivity contribution < 1.29 is 9.66 Å². The monoisotopic (exact) mass is 237 g/mol. The van der Waals surface area contributed by atoms with Gasteiger partial charge >= 0.3 is 5.69 Å². The molecule has 2 rings (SSSR count). The summed E-state index contributed by atoms with van der Waals surface area (Å²) in [4.78, 5) is 12.6.